The average molecular weight is 717 g/mol. The van der Waals surface area contributed by atoms with Crippen LogP contribution in [0.15, 0.2) is 102 Å². The Bertz CT molecular complexity index is 1790. The minimum atomic E-state index is -4.34. The lowest BCUT2D eigenvalue weighted by atomic mass is 10.0. The van der Waals surface area contributed by atoms with Crippen molar-refractivity contribution >= 4 is 62.3 Å². The highest BCUT2D eigenvalue weighted by molar-refractivity contribution is 7.92. The number of rotatable bonds is 14. The van der Waals surface area contributed by atoms with Gasteiger partial charge in [0, 0.05) is 34.6 Å². The van der Waals surface area contributed by atoms with Crippen LogP contribution < -0.4 is 14.4 Å². The molecule has 1 atom stereocenters. The van der Waals surface area contributed by atoms with Crippen molar-refractivity contribution in [1.29, 1.82) is 0 Å². The Morgan fingerprint density at radius 3 is 2.09 bits per heavy atom. The number of ether oxygens (including phenoxy) is 1. The van der Waals surface area contributed by atoms with Crippen molar-refractivity contribution in [3.8, 4) is 5.75 Å². The van der Waals surface area contributed by atoms with E-state index in [4.69, 9.17) is 39.5 Å². The summed E-state index contributed by atoms with van der Waals surface area (Å²) in [7, 11) is -2.95. The molecular weight excluding hydrogens is 681 g/mol. The lowest BCUT2D eigenvalue weighted by Crippen LogP contribution is -2.53. The summed E-state index contributed by atoms with van der Waals surface area (Å²) in [6.45, 7) is 3.53. The summed E-state index contributed by atoms with van der Waals surface area (Å²) in [5.41, 5.74) is 1.39. The molecule has 0 bridgehead atoms. The molecule has 0 saturated carbocycles. The molecule has 0 fully saturated rings. The molecular formula is C35H36Cl3N3O5S. The second kappa shape index (κ2) is 16.4. The lowest BCUT2D eigenvalue weighted by molar-refractivity contribution is -0.140. The SMILES string of the molecule is COc1ccc(Cl)cc1N(CC(=O)N(Cc1ccc(Cl)cc1Cl)[C@@H](Cc1ccccc1)C(=O)NCC(C)C)S(=O)(=O)c1ccccc1. The van der Waals surface area contributed by atoms with Crippen molar-refractivity contribution in [3.63, 3.8) is 0 Å². The fraction of sp³-hybridized carbons (Fsp3) is 0.257. The maximum atomic E-state index is 14.6. The van der Waals surface area contributed by atoms with Gasteiger partial charge in [0.25, 0.3) is 10.0 Å². The molecule has 4 aromatic rings. The predicted octanol–water partition coefficient (Wildman–Crippen LogP) is 7.26. The number of carbonyl (C=O) groups is 2. The normalized spacial score (nSPS) is 12.0. The Morgan fingerprint density at radius 2 is 1.47 bits per heavy atom. The van der Waals surface area contributed by atoms with Gasteiger partial charge in [0.1, 0.15) is 18.3 Å². The van der Waals surface area contributed by atoms with E-state index < -0.39 is 34.4 Å². The summed E-state index contributed by atoms with van der Waals surface area (Å²) < 4.78 is 34.9. The van der Waals surface area contributed by atoms with Crippen LogP contribution >= 0.6 is 34.8 Å². The molecule has 0 unspecified atom stereocenters. The third kappa shape index (κ3) is 9.41. The highest BCUT2D eigenvalue weighted by Crippen LogP contribution is 2.35. The number of hydrogen-bond acceptors (Lipinski definition) is 5. The monoisotopic (exact) mass is 715 g/mol. The summed E-state index contributed by atoms with van der Waals surface area (Å²) in [6, 6.07) is 25.4. The van der Waals surface area contributed by atoms with E-state index in [1.165, 1.54) is 36.3 Å². The van der Waals surface area contributed by atoms with E-state index in [2.05, 4.69) is 5.32 Å². The van der Waals surface area contributed by atoms with E-state index in [1.807, 2.05) is 44.2 Å². The zero-order chi connectivity index (χ0) is 34.1. The van der Waals surface area contributed by atoms with Crippen LogP contribution in [0.1, 0.15) is 25.0 Å². The number of benzene rings is 4. The van der Waals surface area contributed by atoms with Crippen LogP contribution in [0.2, 0.25) is 15.1 Å². The molecule has 0 radical (unpaired) electrons. The predicted molar refractivity (Wildman–Crippen MR) is 188 cm³/mol. The molecule has 4 rings (SSSR count). The molecule has 0 heterocycles. The van der Waals surface area contributed by atoms with Gasteiger partial charge in [-0.1, -0.05) is 103 Å². The zero-order valence-corrected chi connectivity index (χ0v) is 29.3. The molecule has 0 aromatic heterocycles. The number of sulfonamides is 1. The molecule has 4 aromatic carbocycles. The number of amides is 2. The van der Waals surface area contributed by atoms with Gasteiger partial charge in [-0.3, -0.25) is 13.9 Å². The maximum Gasteiger partial charge on any atom is 0.264 e. The minimum Gasteiger partial charge on any atom is -0.495 e. The van der Waals surface area contributed by atoms with Gasteiger partial charge in [-0.15, -0.1) is 0 Å². The second-order valence-electron chi connectivity index (χ2n) is 11.2. The first-order chi connectivity index (χ1) is 22.4. The largest absolute Gasteiger partial charge is 0.495 e. The summed E-state index contributed by atoms with van der Waals surface area (Å²) in [5.74, 6) is -0.713. The quantitative estimate of drug-likeness (QED) is 0.148. The van der Waals surface area contributed by atoms with Crippen LogP contribution in [0.4, 0.5) is 5.69 Å². The van der Waals surface area contributed by atoms with Crippen LogP contribution in [0.5, 0.6) is 5.75 Å². The molecule has 8 nitrogen and oxygen atoms in total. The van der Waals surface area contributed by atoms with E-state index >= 15 is 0 Å². The van der Waals surface area contributed by atoms with Gasteiger partial charge in [-0.05, 0) is 59.5 Å². The van der Waals surface area contributed by atoms with Crippen molar-refractivity contribution in [2.45, 2.75) is 37.8 Å². The lowest BCUT2D eigenvalue weighted by Gasteiger charge is -2.34. The maximum absolute atomic E-state index is 14.6. The number of halogens is 3. The van der Waals surface area contributed by atoms with Gasteiger partial charge in [-0.2, -0.15) is 0 Å². The van der Waals surface area contributed by atoms with Gasteiger partial charge < -0.3 is 15.0 Å². The first-order valence-corrected chi connectivity index (χ1v) is 17.4. The molecule has 0 saturated heterocycles. The van der Waals surface area contributed by atoms with E-state index in [0.29, 0.717) is 22.2 Å². The fourth-order valence-electron chi connectivity index (χ4n) is 4.90. The molecule has 248 valence electrons. The van der Waals surface area contributed by atoms with E-state index in [-0.39, 0.29) is 40.2 Å². The molecule has 1 N–H and O–H groups in total. The molecule has 12 heteroatoms. The van der Waals surface area contributed by atoms with Gasteiger partial charge in [0.15, 0.2) is 0 Å². The zero-order valence-electron chi connectivity index (χ0n) is 26.2. The highest BCUT2D eigenvalue weighted by atomic mass is 35.5. The van der Waals surface area contributed by atoms with Gasteiger partial charge in [0.2, 0.25) is 11.8 Å². The van der Waals surface area contributed by atoms with E-state index in [0.717, 1.165) is 9.87 Å². The summed E-state index contributed by atoms with van der Waals surface area (Å²) in [5, 5.41) is 3.89. The van der Waals surface area contributed by atoms with Crippen LogP contribution in [0.25, 0.3) is 0 Å². The summed E-state index contributed by atoms with van der Waals surface area (Å²) in [6.07, 6.45) is 0.160. The Kier molecular flexibility index (Phi) is 12.6. The minimum absolute atomic E-state index is 0.0439. The Hall–Kier alpha value is -3.76. The number of hydrogen-bond donors (Lipinski definition) is 1. The van der Waals surface area contributed by atoms with Crippen LogP contribution in [-0.4, -0.2) is 51.4 Å². The summed E-state index contributed by atoms with van der Waals surface area (Å²) in [4.78, 5) is 29.9. The van der Waals surface area contributed by atoms with Crippen molar-refractivity contribution < 1.29 is 22.7 Å². The van der Waals surface area contributed by atoms with Crippen molar-refractivity contribution in [2.24, 2.45) is 5.92 Å². The molecule has 0 aliphatic carbocycles. The highest BCUT2D eigenvalue weighted by Gasteiger charge is 2.36. The number of carbonyl (C=O) groups excluding carboxylic acids is 2. The van der Waals surface area contributed by atoms with E-state index in [1.54, 1.807) is 42.5 Å². The topological polar surface area (TPSA) is 96.0 Å². The van der Waals surface area contributed by atoms with Crippen molar-refractivity contribution in [2.75, 3.05) is 24.5 Å². The Balaban J connectivity index is 1.86. The average Bonchev–Trinajstić information content (AvgIpc) is 3.05. The van der Waals surface area contributed by atoms with Gasteiger partial charge >= 0.3 is 0 Å². The standard InChI is InChI=1S/C35H36Cl3N3O5S/c1-24(2)21-39-35(43)32(18-25-10-6-4-7-11-25)40(22-26-14-15-27(36)19-30(26)38)34(42)23-41(31-20-28(37)16-17-33(31)46-3)47(44,45)29-12-8-5-9-13-29/h4-17,19-20,24,32H,18,21-23H2,1-3H3,(H,39,43)/t32-/m0/s1. The third-order valence-electron chi connectivity index (χ3n) is 7.33. The summed E-state index contributed by atoms with van der Waals surface area (Å²) >= 11 is 19.1. The molecule has 0 spiro atoms. The Morgan fingerprint density at radius 1 is 0.851 bits per heavy atom. The number of methoxy groups -OCH3 is 1. The van der Waals surface area contributed by atoms with E-state index in [9.17, 15) is 18.0 Å². The number of nitrogens with zero attached hydrogens (tertiary/aromatic N) is 2. The van der Waals surface area contributed by atoms with Gasteiger partial charge in [-0.25, -0.2) is 8.42 Å². The number of nitrogens with one attached hydrogen (secondary N) is 1. The Labute approximate surface area is 291 Å². The van der Waals surface area contributed by atoms with Gasteiger partial charge in [0.05, 0.1) is 17.7 Å². The molecule has 0 aliphatic rings. The fourth-order valence-corrected chi connectivity index (χ4v) is 6.97. The van der Waals surface area contributed by atoms with Crippen LogP contribution in [0, 0.1) is 5.92 Å². The molecule has 2 amide bonds. The first-order valence-electron chi connectivity index (χ1n) is 14.9. The first kappa shape index (κ1) is 36.1. The van der Waals surface area contributed by atoms with Crippen LogP contribution in [-0.2, 0) is 32.6 Å². The van der Waals surface area contributed by atoms with Crippen LogP contribution in [0.3, 0.4) is 0 Å². The molecule has 47 heavy (non-hydrogen) atoms. The number of anilines is 1. The van der Waals surface area contributed by atoms with Crippen molar-refractivity contribution in [1.82, 2.24) is 10.2 Å². The second-order valence-corrected chi connectivity index (χ2v) is 14.4. The third-order valence-corrected chi connectivity index (χ3v) is 9.93. The van der Waals surface area contributed by atoms with Crippen molar-refractivity contribution in [3.05, 3.63) is 123 Å². The smallest absolute Gasteiger partial charge is 0.264 e. The molecule has 0 aliphatic heterocycles.